The number of carbonyl (C=O) groups is 1. The molecular formula is C16H20O4. The molecule has 2 aromatic rings. The Balaban J connectivity index is 2.23. The summed E-state index contributed by atoms with van der Waals surface area (Å²) in [6, 6.07) is 7.31. The summed E-state index contributed by atoms with van der Waals surface area (Å²) in [5.41, 5.74) is 1.20. The average Bonchev–Trinajstić information content (AvgIpc) is 2.74. The molecule has 1 aromatic heterocycles. The van der Waals surface area contributed by atoms with Gasteiger partial charge >= 0.3 is 5.97 Å². The molecule has 0 radical (unpaired) electrons. The Hall–Kier alpha value is -1.81. The van der Waals surface area contributed by atoms with Crippen molar-refractivity contribution in [2.75, 3.05) is 0 Å². The maximum Gasteiger partial charge on any atom is 0.372 e. The van der Waals surface area contributed by atoms with Crippen LogP contribution >= 0.6 is 0 Å². The number of benzene rings is 1. The zero-order valence-electron chi connectivity index (χ0n) is 12.1. The molecule has 4 nitrogen and oxygen atoms in total. The minimum absolute atomic E-state index is 0.0250. The molecule has 1 atom stereocenters. The van der Waals surface area contributed by atoms with E-state index in [4.69, 9.17) is 9.15 Å². The van der Waals surface area contributed by atoms with Crippen molar-refractivity contribution < 1.29 is 19.1 Å². The highest BCUT2D eigenvalue weighted by Gasteiger charge is 2.20. The molecule has 1 heterocycles. The molecule has 0 aliphatic carbocycles. The Morgan fingerprint density at radius 1 is 1.30 bits per heavy atom. The van der Waals surface area contributed by atoms with Crippen molar-refractivity contribution in [2.24, 2.45) is 5.92 Å². The number of ether oxygens (including phenoxy) is 1. The number of hydrogen-bond donors (Lipinski definition) is 1. The Morgan fingerprint density at radius 3 is 2.65 bits per heavy atom. The standard InChI is InChI=1S/C16H20O4/c1-10(2)8-11(3)19-9-13-12-6-4-5-7-14(12)20-15(13)16(17)18/h4-7,10-11H,8-9H2,1-3H3,(H,17,18). The molecule has 2 rings (SSSR count). The maximum atomic E-state index is 11.3. The molecule has 0 aliphatic rings. The summed E-state index contributed by atoms with van der Waals surface area (Å²) in [5.74, 6) is -0.538. The molecular weight excluding hydrogens is 256 g/mol. The van der Waals surface area contributed by atoms with E-state index in [0.29, 0.717) is 17.1 Å². The number of carboxylic acid groups (broad SMARTS) is 1. The first kappa shape index (κ1) is 14.6. The Labute approximate surface area is 118 Å². The summed E-state index contributed by atoms with van der Waals surface area (Å²) < 4.78 is 11.2. The van der Waals surface area contributed by atoms with E-state index >= 15 is 0 Å². The van der Waals surface area contributed by atoms with E-state index in [9.17, 15) is 9.90 Å². The molecule has 0 spiro atoms. The molecule has 0 fully saturated rings. The van der Waals surface area contributed by atoms with Crippen LogP contribution in [0.2, 0.25) is 0 Å². The molecule has 1 aromatic carbocycles. The summed E-state index contributed by atoms with van der Waals surface area (Å²) in [6.07, 6.45) is 1.03. The second-order valence-electron chi connectivity index (χ2n) is 5.46. The summed E-state index contributed by atoms with van der Waals surface area (Å²) in [6.45, 7) is 6.53. The lowest BCUT2D eigenvalue weighted by Gasteiger charge is -2.14. The van der Waals surface area contributed by atoms with E-state index in [-0.39, 0.29) is 18.5 Å². The Kier molecular flexibility index (Phi) is 4.45. The van der Waals surface area contributed by atoms with Crippen molar-refractivity contribution in [2.45, 2.75) is 39.9 Å². The summed E-state index contributed by atoms with van der Waals surface area (Å²) >= 11 is 0. The molecule has 1 N–H and O–H groups in total. The van der Waals surface area contributed by atoms with Crippen LogP contribution in [0.4, 0.5) is 0 Å². The third-order valence-corrected chi connectivity index (χ3v) is 3.21. The van der Waals surface area contributed by atoms with Crippen LogP contribution in [0.1, 0.15) is 43.3 Å². The predicted molar refractivity (Wildman–Crippen MR) is 76.9 cm³/mol. The molecule has 0 aliphatic heterocycles. The predicted octanol–water partition coefficient (Wildman–Crippen LogP) is 4.08. The van der Waals surface area contributed by atoms with Gasteiger partial charge < -0.3 is 14.3 Å². The van der Waals surface area contributed by atoms with Gasteiger partial charge in [-0.05, 0) is 25.3 Å². The minimum atomic E-state index is -1.06. The van der Waals surface area contributed by atoms with Gasteiger partial charge in [0.2, 0.25) is 5.76 Å². The van der Waals surface area contributed by atoms with E-state index in [1.54, 1.807) is 6.07 Å². The number of fused-ring (bicyclic) bond motifs is 1. The van der Waals surface area contributed by atoms with Gasteiger partial charge in [0.05, 0.1) is 12.7 Å². The molecule has 0 saturated carbocycles. The second-order valence-corrected chi connectivity index (χ2v) is 5.46. The maximum absolute atomic E-state index is 11.3. The summed E-state index contributed by atoms with van der Waals surface area (Å²) in [7, 11) is 0. The molecule has 0 bridgehead atoms. The van der Waals surface area contributed by atoms with Gasteiger partial charge in [0.15, 0.2) is 0 Å². The molecule has 4 heteroatoms. The highest BCUT2D eigenvalue weighted by molar-refractivity contribution is 5.94. The second kappa shape index (κ2) is 6.09. The van der Waals surface area contributed by atoms with Gasteiger partial charge in [-0.15, -0.1) is 0 Å². The van der Waals surface area contributed by atoms with Crippen LogP contribution in [0.5, 0.6) is 0 Å². The molecule has 1 unspecified atom stereocenters. The molecule has 108 valence electrons. The van der Waals surface area contributed by atoms with Gasteiger partial charge in [-0.1, -0.05) is 32.0 Å². The van der Waals surface area contributed by atoms with Crippen molar-refractivity contribution in [3.63, 3.8) is 0 Å². The fourth-order valence-corrected chi connectivity index (χ4v) is 2.37. The van der Waals surface area contributed by atoms with Gasteiger partial charge in [-0.3, -0.25) is 0 Å². The SMILES string of the molecule is CC(C)CC(C)OCc1c(C(=O)O)oc2ccccc12. The molecule has 0 amide bonds. The normalized spacial score (nSPS) is 13.0. The van der Waals surface area contributed by atoms with Crippen molar-refractivity contribution in [1.82, 2.24) is 0 Å². The van der Waals surface area contributed by atoms with Crippen LogP contribution in [-0.2, 0) is 11.3 Å². The summed E-state index contributed by atoms with van der Waals surface area (Å²) in [5, 5.41) is 10.0. The van der Waals surface area contributed by atoms with Crippen molar-refractivity contribution in [3.8, 4) is 0 Å². The number of para-hydroxylation sites is 1. The zero-order chi connectivity index (χ0) is 14.7. The van der Waals surface area contributed by atoms with E-state index in [1.165, 1.54) is 0 Å². The van der Waals surface area contributed by atoms with Crippen LogP contribution in [0.25, 0.3) is 11.0 Å². The van der Waals surface area contributed by atoms with E-state index in [1.807, 2.05) is 25.1 Å². The number of hydrogen-bond acceptors (Lipinski definition) is 3. The first-order valence-electron chi connectivity index (χ1n) is 6.84. The third-order valence-electron chi connectivity index (χ3n) is 3.21. The lowest BCUT2D eigenvalue weighted by atomic mass is 10.1. The topological polar surface area (TPSA) is 59.7 Å². The number of furan rings is 1. The minimum Gasteiger partial charge on any atom is -0.475 e. The van der Waals surface area contributed by atoms with Crippen LogP contribution < -0.4 is 0 Å². The Bertz CT molecular complexity index is 598. The number of aromatic carboxylic acids is 1. The fraction of sp³-hybridized carbons (Fsp3) is 0.438. The number of carboxylic acids is 1. The largest absolute Gasteiger partial charge is 0.475 e. The van der Waals surface area contributed by atoms with Crippen LogP contribution in [0.3, 0.4) is 0 Å². The quantitative estimate of drug-likeness (QED) is 0.863. The first-order valence-corrected chi connectivity index (χ1v) is 6.84. The summed E-state index contributed by atoms with van der Waals surface area (Å²) in [4.78, 5) is 11.3. The van der Waals surface area contributed by atoms with Gasteiger partial charge in [0, 0.05) is 10.9 Å². The van der Waals surface area contributed by atoms with Crippen molar-refractivity contribution >= 4 is 16.9 Å². The monoisotopic (exact) mass is 276 g/mol. The third kappa shape index (κ3) is 3.20. The van der Waals surface area contributed by atoms with E-state index in [2.05, 4.69) is 13.8 Å². The smallest absolute Gasteiger partial charge is 0.372 e. The van der Waals surface area contributed by atoms with Gasteiger partial charge in [0.1, 0.15) is 5.58 Å². The molecule has 0 saturated heterocycles. The molecule has 20 heavy (non-hydrogen) atoms. The zero-order valence-corrected chi connectivity index (χ0v) is 12.1. The van der Waals surface area contributed by atoms with Gasteiger partial charge in [-0.2, -0.15) is 0 Å². The van der Waals surface area contributed by atoms with Crippen LogP contribution in [0.15, 0.2) is 28.7 Å². The van der Waals surface area contributed by atoms with E-state index < -0.39 is 5.97 Å². The van der Waals surface area contributed by atoms with Crippen LogP contribution in [0, 0.1) is 5.92 Å². The first-order chi connectivity index (χ1) is 9.49. The van der Waals surface area contributed by atoms with Gasteiger partial charge in [0.25, 0.3) is 0 Å². The Morgan fingerprint density at radius 2 is 2.00 bits per heavy atom. The highest BCUT2D eigenvalue weighted by atomic mass is 16.5. The highest BCUT2D eigenvalue weighted by Crippen LogP contribution is 2.27. The lowest BCUT2D eigenvalue weighted by molar-refractivity contribution is 0.0381. The van der Waals surface area contributed by atoms with Crippen LogP contribution in [-0.4, -0.2) is 17.2 Å². The lowest BCUT2D eigenvalue weighted by Crippen LogP contribution is -2.12. The van der Waals surface area contributed by atoms with Crippen molar-refractivity contribution in [3.05, 3.63) is 35.6 Å². The van der Waals surface area contributed by atoms with E-state index in [0.717, 1.165) is 11.8 Å². The average molecular weight is 276 g/mol. The van der Waals surface area contributed by atoms with Crippen molar-refractivity contribution in [1.29, 1.82) is 0 Å². The fourth-order valence-electron chi connectivity index (χ4n) is 2.37. The number of rotatable bonds is 6. The van der Waals surface area contributed by atoms with Gasteiger partial charge in [-0.25, -0.2) is 4.79 Å².